The Labute approximate surface area is 37.5 Å². The van der Waals surface area contributed by atoms with Gasteiger partial charge in [0.1, 0.15) is 0 Å². The summed E-state index contributed by atoms with van der Waals surface area (Å²) in [7, 11) is 0. The smallest absolute Gasteiger partial charge is 0.0464 e. The number of oxime groups is 1. The van der Waals surface area contributed by atoms with Crippen LogP contribution in [0.3, 0.4) is 0 Å². The minimum atomic E-state index is 0.106. The Morgan fingerprint density at radius 2 is 2.50 bits per heavy atom. The van der Waals surface area contributed by atoms with Crippen molar-refractivity contribution < 1.29 is 5.21 Å². The van der Waals surface area contributed by atoms with E-state index in [9.17, 15) is 0 Å². The summed E-state index contributed by atoms with van der Waals surface area (Å²) < 4.78 is 0. The standard InChI is InChI=1S/C4H8NO/c1-4(2)3-5-6/h3-4,6H,1H2,2H3/b5-3+. The third-order valence-corrected chi connectivity index (χ3v) is 0.321. The molecule has 0 heterocycles. The van der Waals surface area contributed by atoms with Gasteiger partial charge in [0.2, 0.25) is 0 Å². The average molecular weight is 86.1 g/mol. The van der Waals surface area contributed by atoms with Gasteiger partial charge in [0, 0.05) is 6.21 Å². The van der Waals surface area contributed by atoms with Crippen LogP contribution in [0.5, 0.6) is 0 Å². The van der Waals surface area contributed by atoms with Gasteiger partial charge in [-0.2, -0.15) is 0 Å². The van der Waals surface area contributed by atoms with E-state index in [0.29, 0.717) is 0 Å². The Morgan fingerprint density at radius 1 is 2.00 bits per heavy atom. The topological polar surface area (TPSA) is 32.6 Å². The third kappa shape index (κ3) is 3.47. The van der Waals surface area contributed by atoms with Crippen molar-refractivity contribution in [1.82, 2.24) is 0 Å². The molecule has 0 aromatic rings. The van der Waals surface area contributed by atoms with Crippen LogP contribution in [-0.2, 0) is 0 Å². The number of rotatable bonds is 1. The molecule has 0 saturated heterocycles. The molecule has 0 spiro atoms. The van der Waals surface area contributed by atoms with Crippen LogP contribution in [0.25, 0.3) is 0 Å². The summed E-state index contributed by atoms with van der Waals surface area (Å²) in [5.74, 6) is 0.106. The molecule has 6 heavy (non-hydrogen) atoms. The van der Waals surface area contributed by atoms with Crippen molar-refractivity contribution in [2.75, 3.05) is 0 Å². The molecule has 35 valence electrons. The van der Waals surface area contributed by atoms with E-state index in [1.807, 2.05) is 6.92 Å². The molecule has 1 unspecified atom stereocenters. The van der Waals surface area contributed by atoms with Crippen LogP contribution in [0, 0.1) is 12.8 Å². The summed E-state index contributed by atoms with van der Waals surface area (Å²) in [5.41, 5.74) is 0. The van der Waals surface area contributed by atoms with Gasteiger partial charge in [-0.05, 0) is 12.8 Å². The lowest BCUT2D eigenvalue weighted by Gasteiger charge is -1.84. The van der Waals surface area contributed by atoms with Gasteiger partial charge in [0.15, 0.2) is 0 Å². The molecule has 0 aliphatic heterocycles. The van der Waals surface area contributed by atoms with Gasteiger partial charge in [-0.25, -0.2) is 0 Å². The third-order valence-electron chi connectivity index (χ3n) is 0.321. The molecule has 0 saturated carbocycles. The molecule has 1 atom stereocenters. The Morgan fingerprint density at radius 3 is 2.50 bits per heavy atom. The zero-order valence-corrected chi connectivity index (χ0v) is 3.76. The summed E-state index contributed by atoms with van der Waals surface area (Å²) in [4.78, 5) is 0. The minimum absolute atomic E-state index is 0.106. The van der Waals surface area contributed by atoms with Crippen LogP contribution < -0.4 is 0 Å². The van der Waals surface area contributed by atoms with Gasteiger partial charge in [-0.1, -0.05) is 6.92 Å². The lowest BCUT2D eigenvalue weighted by Crippen LogP contribution is -1.85. The van der Waals surface area contributed by atoms with E-state index in [1.54, 1.807) is 0 Å². The first-order valence-electron chi connectivity index (χ1n) is 1.78. The van der Waals surface area contributed by atoms with Gasteiger partial charge in [-0.3, -0.25) is 0 Å². The maximum Gasteiger partial charge on any atom is 0.0464 e. The summed E-state index contributed by atoms with van der Waals surface area (Å²) in [6, 6.07) is 0. The van der Waals surface area contributed by atoms with Crippen molar-refractivity contribution >= 4 is 6.21 Å². The highest BCUT2D eigenvalue weighted by Gasteiger charge is 1.80. The van der Waals surface area contributed by atoms with E-state index >= 15 is 0 Å². The predicted octanol–water partition coefficient (Wildman–Crippen LogP) is 0.917. The van der Waals surface area contributed by atoms with Crippen molar-refractivity contribution in [2.45, 2.75) is 6.92 Å². The van der Waals surface area contributed by atoms with E-state index < -0.39 is 0 Å². The molecule has 0 aliphatic carbocycles. The summed E-state index contributed by atoms with van der Waals surface area (Å²) in [6.45, 7) is 5.35. The van der Waals surface area contributed by atoms with Crippen molar-refractivity contribution in [3.05, 3.63) is 6.92 Å². The van der Waals surface area contributed by atoms with Crippen molar-refractivity contribution in [3.63, 3.8) is 0 Å². The lowest BCUT2D eigenvalue weighted by atomic mass is 10.3. The van der Waals surface area contributed by atoms with Crippen molar-refractivity contribution in [2.24, 2.45) is 11.1 Å². The molecule has 0 rings (SSSR count). The highest BCUT2D eigenvalue weighted by atomic mass is 16.4. The first-order valence-corrected chi connectivity index (χ1v) is 1.78. The molecule has 2 heteroatoms. The fraction of sp³-hybridized carbons (Fsp3) is 0.500. The highest BCUT2D eigenvalue weighted by molar-refractivity contribution is 5.59. The van der Waals surface area contributed by atoms with Crippen LogP contribution in [0.1, 0.15) is 6.92 Å². The van der Waals surface area contributed by atoms with E-state index in [2.05, 4.69) is 12.1 Å². The van der Waals surface area contributed by atoms with Gasteiger partial charge in [-0.15, -0.1) is 5.16 Å². The van der Waals surface area contributed by atoms with Crippen LogP contribution in [0.2, 0.25) is 0 Å². The van der Waals surface area contributed by atoms with Crippen LogP contribution in [0.4, 0.5) is 0 Å². The van der Waals surface area contributed by atoms with Gasteiger partial charge >= 0.3 is 0 Å². The molecular weight excluding hydrogens is 78.0 g/mol. The Balaban J connectivity index is 3.03. The monoisotopic (exact) mass is 86.1 g/mol. The SMILES string of the molecule is [CH2]C(C)/C=N/O. The molecular formula is C4H8NO. The molecule has 0 aliphatic rings. The Bertz CT molecular complexity index is 49.5. The number of hydrogen-bond acceptors (Lipinski definition) is 2. The van der Waals surface area contributed by atoms with E-state index in [1.165, 1.54) is 6.21 Å². The van der Waals surface area contributed by atoms with Crippen molar-refractivity contribution in [1.29, 1.82) is 0 Å². The minimum Gasteiger partial charge on any atom is -0.411 e. The molecule has 0 aromatic carbocycles. The molecule has 1 radical (unpaired) electrons. The molecule has 1 N–H and O–H groups in total. The second-order valence-electron chi connectivity index (χ2n) is 1.24. The van der Waals surface area contributed by atoms with Gasteiger partial charge < -0.3 is 5.21 Å². The molecule has 0 bridgehead atoms. The van der Waals surface area contributed by atoms with E-state index in [4.69, 9.17) is 5.21 Å². The first kappa shape index (κ1) is 5.47. The normalized spacial score (nSPS) is 11.2. The quantitative estimate of drug-likeness (QED) is 0.287. The largest absolute Gasteiger partial charge is 0.411 e. The van der Waals surface area contributed by atoms with Crippen LogP contribution in [0.15, 0.2) is 5.16 Å². The number of hydrogen-bond donors (Lipinski definition) is 1. The fourth-order valence-electron chi connectivity index (χ4n) is 0.114. The zero-order chi connectivity index (χ0) is 4.99. The molecule has 0 fully saturated rings. The Kier molecular flexibility index (Phi) is 2.46. The fourth-order valence-corrected chi connectivity index (χ4v) is 0.114. The molecule has 0 amide bonds. The number of nitrogens with zero attached hydrogens (tertiary/aromatic N) is 1. The summed E-state index contributed by atoms with van der Waals surface area (Å²) in [6.07, 6.45) is 1.36. The second-order valence-corrected chi connectivity index (χ2v) is 1.24. The molecule has 2 nitrogen and oxygen atoms in total. The summed E-state index contributed by atoms with van der Waals surface area (Å²) in [5, 5.41) is 10.5. The van der Waals surface area contributed by atoms with E-state index in [0.717, 1.165) is 0 Å². The maximum atomic E-state index is 7.77. The Hall–Kier alpha value is -0.530. The van der Waals surface area contributed by atoms with Gasteiger partial charge in [0.05, 0.1) is 0 Å². The highest BCUT2D eigenvalue weighted by Crippen LogP contribution is 1.80. The molecule has 0 aromatic heterocycles. The lowest BCUT2D eigenvalue weighted by molar-refractivity contribution is 0.319. The average Bonchev–Trinajstić information content (AvgIpc) is 1.35. The summed E-state index contributed by atoms with van der Waals surface area (Å²) >= 11 is 0. The zero-order valence-electron chi connectivity index (χ0n) is 3.76. The maximum absolute atomic E-state index is 7.77. The first-order chi connectivity index (χ1) is 2.77. The second kappa shape index (κ2) is 2.69. The van der Waals surface area contributed by atoms with Gasteiger partial charge in [0.25, 0.3) is 0 Å². The van der Waals surface area contributed by atoms with Crippen molar-refractivity contribution in [3.8, 4) is 0 Å². The van der Waals surface area contributed by atoms with Crippen LogP contribution in [-0.4, -0.2) is 11.4 Å². The predicted molar refractivity (Wildman–Crippen MR) is 24.8 cm³/mol. The van der Waals surface area contributed by atoms with Crippen LogP contribution >= 0.6 is 0 Å². The van der Waals surface area contributed by atoms with E-state index in [-0.39, 0.29) is 5.92 Å².